The summed E-state index contributed by atoms with van der Waals surface area (Å²) < 4.78 is 15.9. The van der Waals surface area contributed by atoms with Crippen molar-refractivity contribution in [3.63, 3.8) is 0 Å². The molecule has 3 aliphatic rings. The Bertz CT molecular complexity index is 1230. The summed E-state index contributed by atoms with van der Waals surface area (Å²) in [5.74, 6) is 0.504. The molecule has 0 bridgehead atoms. The predicted molar refractivity (Wildman–Crippen MR) is 137 cm³/mol. The molecule has 2 aromatic carbocycles. The van der Waals surface area contributed by atoms with Crippen LogP contribution in [0.5, 0.6) is 0 Å². The maximum atomic E-state index is 14.0. The van der Waals surface area contributed by atoms with Crippen LogP contribution in [-0.4, -0.2) is 27.9 Å². The molecule has 0 atom stereocenters. The summed E-state index contributed by atoms with van der Waals surface area (Å²) in [6.45, 7) is 2.82. The number of benzene rings is 2. The third-order valence-electron chi connectivity index (χ3n) is 7.70. The molecule has 0 amide bonds. The number of aromatic nitrogens is 2. The van der Waals surface area contributed by atoms with Gasteiger partial charge in [-0.25, -0.2) is 19.5 Å². The Morgan fingerprint density at radius 1 is 1.03 bits per heavy atom. The molecule has 8 heteroatoms. The summed E-state index contributed by atoms with van der Waals surface area (Å²) >= 11 is 14.5. The van der Waals surface area contributed by atoms with Crippen molar-refractivity contribution >= 4 is 35.0 Å². The SMILES string of the molecule is Fc1ccc2c(c1)CSc1c(CNN3CCC4(CCCC4)CC3)nn(-c3ccc(Cl)cc3Cl)c1-2. The van der Waals surface area contributed by atoms with Crippen LogP contribution in [0.1, 0.15) is 49.8 Å². The average molecular weight is 518 g/mol. The van der Waals surface area contributed by atoms with Gasteiger partial charge in [0.15, 0.2) is 0 Å². The molecule has 0 unspecified atom stereocenters. The molecule has 3 heterocycles. The maximum Gasteiger partial charge on any atom is 0.123 e. The van der Waals surface area contributed by atoms with Gasteiger partial charge in [-0.15, -0.1) is 11.8 Å². The second-order valence-corrected chi connectivity index (χ2v) is 11.6. The minimum absolute atomic E-state index is 0.217. The van der Waals surface area contributed by atoms with E-state index >= 15 is 0 Å². The molecule has 0 radical (unpaired) electrons. The topological polar surface area (TPSA) is 33.1 Å². The van der Waals surface area contributed by atoms with E-state index in [2.05, 4.69) is 10.4 Å². The van der Waals surface area contributed by atoms with Crippen molar-refractivity contribution in [2.75, 3.05) is 13.1 Å². The summed E-state index contributed by atoms with van der Waals surface area (Å²) in [5, 5.41) is 8.50. The number of hydrogen-bond donors (Lipinski definition) is 1. The molecule has 34 heavy (non-hydrogen) atoms. The Labute approximate surface area is 213 Å². The molecule has 1 saturated heterocycles. The monoisotopic (exact) mass is 516 g/mol. The van der Waals surface area contributed by atoms with Crippen molar-refractivity contribution in [1.29, 1.82) is 0 Å². The highest BCUT2D eigenvalue weighted by molar-refractivity contribution is 7.98. The first-order valence-corrected chi connectivity index (χ1v) is 13.7. The van der Waals surface area contributed by atoms with Crippen LogP contribution in [-0.2, 0) is 12.3 Å². The first kappa shape index (κ1) is 22.9. The van der Waals surface area contributed by atoms with Gasteiger partial charge in [0, 0.05) is 29.4 Å². The quantitative estimate of drug-likeness (QED) is 0.395. The highest BCUT2D eigenvalue weighted by Crippen LogP contribution is 2.47. The van der Waals surface area contributed by atoms with Crippen LogP contribution in [0, 0.1) is 11.2 Å². The van der Waals surface area contributed by atoms with E-state index in [4.69, 9.17) is 28.3 Å². The van der Waals surface area contributed by atoms with Crippen LogP contribution in [0.15, 0.2) is 41.3 Å². The first-order chi connectivity index (χ1) is 16.5. The Kier molecular flexibility index (Phi) is 6.15. The van der Waals surface area contributed by atoms with Crippen molar-refractivity contribution < 1.29 is 4.39 Å². The first-order valence-electron chi connectivity index (χ1n) is 12.0. The number of hydrogen-bond acceptors (Lipinski definition) is 4. The van der Waals surface area contributed by atoms with Crippen molar-refractivity contribution in [1.82, 2.24) is 20.2 Å². The van der Waals surface area contributed by atoms with Gasteiger partial charge >= 0.3 is 0 Å². The van der Waals surface area contributed by atoms with Crippen LogP contribution in [0.2, 0.25) is 10.0 Å². The van der Waals surface area contributed by atoms with Crippen molar-refractivity contribution in [2.45, 2.75) is 55.7 Å². The van der Waals surface area contributed by atoms with Crippen LogP contribution in [0.3, 0.4) is 0 Å². The normalized spacial score (nSPS) is 19.4. The lowest BCUT2D eigenvalue weighted by Gasteiger charge is -2.39. The summed E-state index contributed by atoms with van der Waals surface area (Å²) in [4.78, 5) is 1.13. The zero-order valence-corrected chi connectivity index (χ0v) is 21.2. The summed E-state index contributed by atoms with van der Waals surface area (Å²) in [6.07, 6.45) is 8.15. The summed E-state index contributed by atoms with van der Waals surface area (Å²) in [7, 11) is 0. The largest absolute Gasteiger partial charge is 0.249 e. The van der Waals surface area contributed by atoms with E-state index in [1.807, 2.05) is 22.9 Å². The minimum Gasteiger partial charge on any atom is -0.249 e. The zero-order chi connectivity index (χ0) is 23.3. The van der Waals surface area contributed by atoms with Gasteiger partial charge in [-0.1, -0.05) is 36.0 Å². The van der Waals surface area contributed by atoms with E-state index in [-0.39, 0.29) is 5.82 Å². The van der Waals surface area contributed by atoms with Crippen LogP contribution in [0.4, 0.5) is 4.39 Å². The van der Waals surface area contributed by atoms with E-state index in [0.29, 0.717) is 22.0 Å². The molecular weight excluding hydrogens is 490 g/mol. The standard InChI is InChI=1S/C26H27Cl2FN4S/c27-18-3-6-23(21(28)14-18)33-24-20-5-4-19(29)13-17(20)16-34-25(24)22(31-33)15-30-32-11-9-26(10-12-32)7-1-2-8-26/h3-6,13-14,30H,1-2,7-12,15-16H2. The fourth-order valence-electron chi connectivity index (χ4n) is 5.79. The fourth-order valence-corrected chi connectivity index (χ4v) is 7.43. The summed E-state index contributed by atoms with van der Waals surface area (Å²) in [6, 6.07) is 10.4. The maximum absolute atomic E-state index is 14.0. The van der Waals surface area contributed by atoms with E-state index in [0.717, 1.165) is 51.9 Å². The van der Waals surface area contributed by atoms with E-state index in [9.17, 15) is 4.39 Å². The smallest absolute Gasteiger partial charge is 0.123 e. The number of hydrazine groups is 1. The number of nitrogens with zero attached hydrogens (tertiary/aromatic N) is 3. The lowest BCUT2D eigenvalue weighted by molar-refractivity contribution is 0.0672. The fraction of sp³-hybridized carbons (Fsp3) is 0.423. The molecule has 2 aliphatic heterocycles. The molecule has 1 aromatic heterocycles. The molecule has 4 nitrogen and oxygen atoms in total. The van der Waals surface area contributed by atoms with Crippen molar-refractivity contribution in [3.05, 3.63) is 63.5 Å². The minimum atomic E-state index is -0.217. The second-order valence-electron chi connectivity index (χ2n) is 9.75. The van der Waals surface area contributed by atoms with Crippen LogP contribution in [0.25, 0.3) is 16.9 Å². The molecule has 1 N–H and O–H groups in total. The van der Waals surface area contributed by atoms with Crippen LogP contribution >= 0.6 is 35.0 Å². The Hall–Kier alpha value is -1.57. The number of nitrogens with one attached hydrogen (secondary N) is 1. The Balaban J connectivity index is 1.31. The Morgan fingerprint density at radius 2 is 1.82 bits per heavy atom. The van der Waals surface area contributed by atoms with Gasteiger partial charge in [-0.2, -0.15) is 5.10 Å². The van der Waals surface area contributed by atoms with Gasteiger partial charge in [0.1, 0.15) is 5.82 Å². The molecule has 178 valence electrons. The van der Waals surface area contributed by atoms with Gasteiger partial charge in [0.2, 0.25) is 0 Å². The number of thioether (sulfide) groups is 1. The summed E-state index contributed by atoms with van der Waals surface area (Å²) in [5.41, 5.74) is 8.94. The molecule has 1 aliphatic carbocycles. The van der Waals surface area contributed by atoms with Crippen molar-refractivity contribution in [2.24, 2.45) is 5.41 Å². The van der Waals surface area contributed by atoms with Gasteiger partial charge in [0.05, 0.1) is 33.5 Å². The van der Waals surface area contributed by atoms with E-state index < -0.39 is 0 Å². The van der Waals surface area contributed by atoms with E-state index in [1.165, 1.54) is 44.6 Å². The predicted octanol–water partition coefficient (Wildman–Crippen LogP) is 7.25. The average Bonchev–Trinajstić information content (AvgIpc) is 3.43. The molecule has 3 aromatic rings. The van der Waals surface area contributed by atoms with E-state index in [1.54, 1.807) is 23.9 Å². The van der Waals surface area contributed by atoms with Gasteiger partial charge < -0.3 is 0 Å². The van der Waals surface area contributed by atoms with Gasteiger partial charge in [-0.3, -0.25) is 0 Å². The highest BCUT2D eigenvalue weighted by atomic mass is 35.5. The highest BCUT2D eigenvalue weighted by Gasteiger charge is 2.37. The third-order valence-corrected chi connectivity index (χ3v) is 9.41. The number of fused-ring (bicyclic) bond motifs is 3. The third kappa shape index (κ3) is 4.18. The molecule has 2 fully saturated rings. The Morgan fingerprint density at radius 3 is 2.59 bits per heavy atom. The van der Waals surface area contributed by atoms with Gasteiger partial charge in [-0.05, 0) is 73.1 Å². The number of rotatable bonds is 4. The van der Waals surface area contributed by atoms with Crippen LogP contribution < -0.4 is 5.43 Å². The molecular formula is C26H27Cl2FN4S. The molecule has 6 rings (SSSR count). The zero-order valence-electron chi connectivity index (χ0n) is 18.9. The number of halogens is 3. The number of piperidine rings is 1. The van der Waals surface area contributed by atoms with Gasteiger partial charge in [0.25, 0.3) is 0 Å². The lowest BCUT2D eigenvalue weighted by Crippen LogP contribution is -2.46. The van der Waals surface area contributed by atoms with Crippen molar-refractivity contribution in [3.8, 4) is 16.9 Å². The molecule has 1 spiro atoms. The second kappa shape index (κ2) is 9.14. The molecule has 1 saturated carbocycles. The lowest BCUT2D eigenvalue weighted by atomic mass is 9.77.